The van der Waals surface area contributed by atoms with Crippen LogP contribution in [-0.2, 0) is 4.79 Å². The molecular weight excluding hydrogens is 462 g/mol. The molecule has 0 bridgehead atoms. The van der Waals surface area contributed by atoms with Crippen molar-refractivity contribution >= 4 is 28.3 Å². The predicted molar refractivity (Wildman–Crippen MR) is 134 cm³/mol. The van der Waals surface area contributed by atoms with Crippen LogP contribution >= 0.6 is 11.3 Å². The van der Waals surface area contributed by atoms with Gasteiger partial charge in [0.05, 0.1) is 11.1 Å². The summed E-state index contributed by atoms with van der Waals surface area (Å²) < 4.78 is 6.20. The maximum Gasteiger partial charge on any atom is 0.251 e. The summed E-state index contributed by atoms with van der Waals surface area (Å²) in [5.74, 6) is 0.509. The zero-order valence-corrected chi connectivity index (χ0v) is 20.2. The summed E-state index contributed by atoms with van der Waals surface area (Å²) in [6, 6.07) is 18.8. The summed E-state index contributed by atoms with van der Waals surface area (Å²) in [6.07, 6.45) is 0. The minimum absolute atomic E-state index is 0.147. The quantitative estimate of drug-likeness (QED) is 0.418. The van der Waals surface area contributed by atoms with Crippen molar-refractivity contribution in [3.8, 4) is 22.9 Å². The Kier molecular flexibility index (Phi) is 5.78. The molecule has 35 heavy (non-hydrogen) atoms. The minimum atomic E-state index is -0.849. The Morgan fingerprint density at radius 1 is 1.00 bits per heavy atom. The van der Waals surface area contributed by atoms with E-state index in [4.69, 9.17) is 9.72 Å². The minimum Gasteiger partial charge on any atom is -0.438 e. The fourth-order valence-corrected chi connectivity index (χ4v) is 4.77. The topological polar surface area (TPSA) is 106 Å². The van der Waals surface area contributed by atoms with E-state index < -0.39 is 5.41 Å². The molecule has 0 radical (unpaired) electrons. The first kappa shape index (κ1) is 22.7. The lowest BCUT2D eigenvalue weighted by atomic mass is 9.69. The Labute approximate surface area is 206 Å². The molecule has 2 aromatic carbocycles. The van der Waals surface area contributed by atoms with Crippen LogP contribution in [0.1, 0.15) is 41.3 Å². The molecule has 176 valence electrons. The van der Waals surface area contributed by atoms with Gasteiger partial charge in [-0.25, -0.2) is 4.98 Å². The Hall–Kier alpha value is -4.11. The van der Waals surface area contributed by atoms with Gasteiger partial charge in [-0.15, -0.1) is 10.2 Å². The Balaban J connectivity index is 1.54. The van der Waals surface area contributed by atoms with Gasteiger partial charge in [-0.2, -0.15) is 0 Å². The van der Waals surface area contributed by atoms with Crippen LogP contribution in [-0.4, -0.2) is 34.0 Å². The molecular formula is C26H23N5O3S. The number of benzene rings is 2. The lowest BCUT2D eigenvalue weighted by Gasteiger charge is -2.37. The average molecular weight is 486 g/mol. The summed E-state index contributed by atoms with van der Waals surface area (Å²) in [7, 11) is 1.60. The molecule has 2 N–H and O–H groups in total. The molecule has 1 aliphatic heterocycles. The zero-order chi connectivity index (χ0) is 24.6. The van der Waals surface area contributed by atoms with E-state index in [1.165, 1.54) is 11.3 Å². The van der Waals surface area contributed by atoms with Gasteiger partial charge in [-0.1, -0.05) is 61.6 Å². The number of nitrogens with zero attached hydrogens (tertiary/aromatic N) is 3. The van der Waals surface area contributed by atoms with Gasteiger partial charge >= 0.3 is 0 Å². The molecule has 3 heterocycles. The van der Waals surface area contributed by atoms with E-state index in [1.54, 1.807) is 24.7 Å². The van der Waals surface area contributed by atoms with Gasteiger partial charge in [-0.3, -0.25) is 9.59 Å². The summed E-state index contributed by atoms with van der Waals surface area (Å²) >= 11 is 1.27. The van der Waals surface area contributed by atoms with E-state index in [-0.39, 0.29) is 17.7 Å². The number of carbonyl (C=O) groups is 2. The first-order valence-corrected chi connectivity index (χ1v) is 11.9. The summed E-state index contributed by atoms with van der Waals surface area (Å²) in [5.41, 5.74) is 4.61. The molecule has 2 amide bonds. The van der Waals surface area contributed by atoms with Gasteiger partial charge in [0.25, 0.3) is 5.91 Å². The van der Waals surface area contributed by atoms with E-state index in [2.05, 4.69) is 20.8 Å². The predicted octanol–water partition coefficient (Wildman–Crippen LogP) is 4.86. The van der Waals surface area contributed by atoms with Gasteiger partial charge < -0.3 is 15.4 Å². The van der Waals surface area contributed by atoms with E-state index >= 15 is 0 Å². The van der Waals surface area contributed by atoms with Crippen molar-refractivity contribution in [2.24, 2.45) is 5.41 Å². The first-order chi connectivity index (χ1) is 16.9. The molecule has 1 aliphatic rings. The second-order valence-electron chi connectivity index (χ2n) is 8.74. The van der Waals surface area contributed by atoms with Crippen LogP contribution in [0.3, 0.4) is 0 Å². The Morgan fingerprint density at radius 2 is 1.77 bits per heavy atom. The normalized spacial score (nSPS) is 14.3. The summed E-state index contributed by atoms with van der Waals surface area (Å²) in [5, 5.41) is 13.7. The van der Waals surface area contributed by atoms with Crippen LogP contribution in [0.5, 0.6) is 11.6 Å². The third-order valence-electron chi connectivity index (χ3n) is 6.19. The molecule has 1 atom stereocenters. The van der Waals surface area contributed by atoms with Crippen molar-refractivity contribution in [3.05, 3.63) is 82.9 Å². The van der Waals surface area contributed by atoms with Gasteiger partial charge in [0.1, 0.15) is 11.3 Å². The molecule has 9 heteroatoms. The first-order valence-electron chi connectivity index (χ1n) is 11.1. The van der Waals surface area contributed by atoms with Crippen molar-refractivity contribution in [3.63, 3.8) is 0 Å². The highest BCUT2D eigenvalue weighted by molar-refractivity contribution is 7.13. The van der Waals surface area contributed by atoms with E-state index in [0.717, 1.165) is 16.7 Å². The molecule has 2 aromatic heterocycles. The monoisotopic (exact) mass is 485 g/mol. The second kappa shape index (κ2) is 8.92. The molecule has 0 unspecified atom stereocenters. The van der Waals surface area contributed by atoms with Crippen LogP contribution in [0.4, 0.5) is 5.13 Å². The number of ether oxygens (including phenoxy) is 1. The van der Waals surface area contributed by atoms with Crippen LogP contribution in [0.15, 0.2) is 66.2 Å². The molecule has 0 aliphatic carbocycles. The largest absolute Gasteiger partial charge is 0.438 e. The molecule has 0 fully saturated rings. The molecule has 4 aromatic rings. The van der Waals surface area contributed by atoms with Gasteiger partial charge in [0.15, 0.2) is 0 Å². The second-order valence-corrected chi connectivity index (χ2v) is 9.57. The highest BCUT2D eigenvalue weighted by atomic mass is 32.1. The van der Waals surface area contributed by atoms with E-state index in [0.29, 0.717) is 28.0 Å². The number of aromatic nitrogens is 3. The molecule has 0 saturated carbocycles. The lowest BCUT2D eigenvalue weighted by Crippen LogP contribution is -2.38. The highest BCUT2D eigenvalue weighted by Crippen LogP contribution is 2.51. The standard InChI is InChI=1S/C26H23N5O3S/c1-26(2,24(33)30-25-31-28-14-35-25)21-17-6-4-5-7-20(17)34-23-18(21)12-13-19(29-23)15-8-10-16(11-9-15)22(32)27-3/h4-14,21H,1-3H3,(H,27,32)(H,30,31,33)/t21-/m0/s1. The fourth-order valence-electron chi connectivity index (χ4n) is 4.33. The third kappa shape index (κ3) is 4.15. The van der Waals surface area contributed by atoms with Crippen molar-refractivity contribution in [2.45, 2.75) is 19.8 Å². The van der Waals surface area contributed by atoms with E-state index in [9.17, 15) is 9.59 Å². The lowest BCUT2D eigenvalue weighted by molar-refractivity contribution is -0.124. The Morgan fingerprint density at radius 3 is 2.49 bits per heavy atom. The number of rotatable bonds is 5. The molecule has 5 rings (SSSR count). The maximum atomic E-state index is 13.4. The number of hydrogen-bond donors (Lipinski definition) is 2. The van der Waals surface area contributed by atoms with Crippen LogP contribution < -0.4 is 15.4 Å². The number of amides is 2. The van der Waals surface area contributed by atoms with Gasteiger partial charge in [0, 0.05) is 35.2 Å². The van der Waals surface area contributed by atoms with Gasteiger partial charge in [-0.05, 0) is 24.3 Å². The summed E-state index contributed by atoms with van der Waals surface area (Å²) in [4.78, 5) is 30.1. The highest BCUT2D eigenvalue weighted by Gasteiger charge is 2.44. The van der Waals surface area contributed by atoms with Crippen LogP contribution in [0.25, 0.3) is 11.3 Å². The molecule has 0 spiro atoms. The molecule has 0 saturated heterocycles. The van der Waals surface area contributed by atoms with Crippen LogP contribution in [0.2, 0.25) is 0 Å². The average Bonchev–Trinajstić information content (AvgIpc) is 3.39. The molecule has 8 nitrogen and oxygen atoms in total. The zero-order valence-electron chi connectivity index (χ0n) is 19.4. The van der Waals surface area contributed by atoms with Crippen molar-refractivity contribution in [1.82, 2.24) is 20.5 Å². The van der Waals surface area contributed by atoms with E-state index in [1.807, 2.05) is 62.4 Å². The summed E-state index contributed by atoms with van der Waals surface area (Å²) in [6.45, 7) is 3.82. The fraction of sp³-hybridized carbons (Fsp3) is 0.192. The number of nitrogens with one attached hydrogen (secondary N) is 2. The van der Waals surface area contributed by atoms with Crippen molar-refractivity contribution in [1.29, 1.82) is 0 Å². The third-order valence-corrected chi connectivity index (χ3v) is 6.80. The van der Waals surface area contributed by atoms with Crippen molar-refractivity contribution in [2.75, 3.05) is 12.4 Å². The Bertz CT molecular complexity index is 1400. The number of para-hydroxylation sites is 1. The maximum absolute atomic E-state index is 13.4. The number of carbonyl (C=O) groups excluding carboxylic acids is 2. The smallest absolute Gasteiger partial charge is 0.251 e. The number of fused-ring (bicyclic) bond motifs is 2. The number of hydrogen-bond acceptors (Lipinski definition) is 7. The van der Waals surface area contributed by atoms with Gasteiger partial charge in [0.2, 0.25) is 16.9 Å². The number of anilines is 1. The SMILES string of the molecule is CNC(=O)c1ccc(-c2ccc3c(n2)Oc2ccccc2[C@@H]3C(C)(C)C(=O)Nc2nncs2)cc1. The van der Waals surface area contributed by atoms with Crippen molar-refractivity contribution < 1.29 is 14.3 Å². The van der Waals surface area contributed by atoms with Crippen LogP contribution in [0, 0.1) is 5.41 Å². The number of pyridine rings is 1.